The SMILES string of the molecule is Cc1nc(N(C)C(=O)C2Cc3ccc(-c4cc(F)ccc4F)cc3C2)sc1S(=N)(N)=O. The summed E-state index contributed by atoms with van der Waals surface area (Å²) in [6, 6.07) is 8.71. The Labute approximate surface area is 182 Å². The van der Waals surface area contributed by atoms with Crippen molar-refractivity contribution in [1.82, 2.24) is 4.98 Å². The van der Waals surface area contributed by atoms with Gasteiger partial charge >= 0.3 is 0 Å². The van der Waals surface area contributed by atoms with E-state index < -0.39 is 21.5 Å². The number of thiazole rings is 1. The Morgan fingerprint density at radius 1 is 1.23 bits per heavy atom. The number of hydrogen-bond acceptors (Lipinski definition) is 5. The van der Waals surface area contributed by atoms with Crippen LogP contribution in [0, 0.1) is 29.3 Å². The number of fused-ring (bicyclic) bond motifs is 1. The van der Waals surface area contributed by atoms with E-state index in [1.54, 1.807) is 26.1 Å². The van der Waals surface area contributed by atoms with Crippen molar-refractivity contribution in [2.75, 3.05) is 11.9 Å². The van der Waals surface area contributed by atoms with E-state index in [9.17, 15) is 17.8 Å². The van der Waals surface area contributed by atoms with Gasteiger partial charge in [-0.25, -0.2) is 27.9 Å². The molecule has 2 aromatic carbocycles. The second kappa shape index (κ2) is 7.77. The third-order valence-corrected chi connectivity index (χ3v) is 8.23. The van der Waals surface area contributed by atoms with Crippen LogP contribution in [-0.4, -0.2) is 22.1 Å². The van der Waals surface area contributed by atoms with Crippen LogP contribution in [0.15, 0.2) is 40.6 Å². The van der Waals surface area contributed by atoms with E-state index >= 15 is 0 Å². The van der Waals surface area contributed by atoms with Crippen LogP contribution in [-0.2, 0) is 27.6 Å². The first-order chi connectivity index (χ1) is 14.5. The molecule has 162 valence electrons. The van der Waals surface area contributed by atoms with Gasteiger partial charge in [0.15, 0.2) is 5.13 Å². The van der Waals surface area contributed by atoms with Crippen molar-refractivity contribution in [1.29, 1.82) is 4.78 Å². The number of benzene rings is 2. The first-order valence-corrected chi connectivity index (χ1v) is 11.9. The second-order valence-electron chi connectivity index (χ2n) is 7.58. The van der Waals surface area contributed by atoms with Crippen LogP contribution in [0.5, 0.6) is 0 Å². The maximum atomic E-state index is 14.1. The second-order valence-corrected chi connectivity index (χ2v) is 10.4. The lowest BCUT2D eigenvalue weighted by Gasteiger charge is -2.18. The van der Waals surface area contributed by atoms with Gasteiger partial charge in [0.25, 0.3) is 0 Å². The molecular formula is C21H20F2N4O2S2. The molecule has 10 heteroatoms. The fraction of sp³-hybridized carbons (Fsp3) is 0.238. The number of nitrogens with two attached hydrogens (primary N) is 1. The van der Waals surface area contributed by atoms with Crippen molar-refractivity contribution in [3.8, 4) is 11.1 Å². The Bertz CT molecular complexity index is 1300. The third kappa shape index (κ3) is 4.10. The molecule has 0 spiro atoms. The van der Waals surface area contributed by atoms with E-state index in [-0.39, 0.29) is 21.6 Å². The van der Waals surface area contributed by atoms with E-state index in [1.165, 1.54) is 4.90 Å². The Balaban J connectivity index is 1.56. The zero-order chi connectivity index (χ0) is 22.5. The molecule has 1 heterocycles. The van der Waals surface area contributed by atoms with Crippen molar-refractivity contribution in [2.24, 2.45) is 11.1 Å². The monoisotopic (exact) mass is 462 g/mol. The highest BCUT2D eigenvalue weighted by molar-refractivity contribution is 7.92. The van der Waals surface area contributed by atoms with Crippen molar-refractivity contribution < 1.29 is 17.8 Å². The molecule has 0 aliphatic heterocycles. The molecule has 1 aliphatic carbocycles. The molecule has 1 aromatic heterocycles. The van der Waals surface area contributed by atoms with Crippen molar-refractivity contribution >= 4 is 32.3 Å². The topological polar surface area (TPSA) is 100 Å². The van der Waals surface area contributed by atoms with Gasteiger partial charge in [-0.2, -0.15) is 0 Å². The molecule has 1 aliphatic rings. The lowest BCUT2D eigenvalue weighted by molar-refractivity contribution is -0.121. The molecule has 0 radical (unpaired) electrons. The maximum Gasteiger partial charge on any atom is 0.232 e. The molecule has 6 nitrogen and oxygen atoms in total. The van der Waals surface area contributed by atoms with Gasteiger partial charge in [-0.15, -0.1) is 0 Å². The quantitative estimate of drug-likeness (QED) is 0.612. The number of hydrogen-bond donors (Lipinski definition) is 2. The predicted octanol–water partition coefficient (Wildman–Crippen LogP) is 4.05. The van der Waals surface area contributed by atoms with E-state index in [2.05, 4.69) is 4.98 Å². The maximum absolute atomic E-state index is 14.1. The summed E-state index contributed by atoms with van der Waals surface area (Å²) < 4.78 is 47.3. The normalized spacial score (nSPS) is 17.3. The zero-order valence-electron chi connectivity index (χ0n) is 16.8. The van der Waals surface area contributed by atoms with Gasteiger partial charge in [-0.3, -0.25) is 9.69 Å². The van der Waals surface area contributed by atoms with Crippen LogP contribution < -0.4 is 10.0 Å². The number of amides is 1. The fourth-order valence-corrected chi connectivity index (χ4v) is 5.81. The van der Waals surface area contributed by atoms with Crippen LogP contribution in [0.3, 0.4) is 0 Å². The lowest BCUT2D eigenvalue weighted by atomic mass is 10.00. The summed E-state index contributed by atoms with van der Waals surface area (Å²) in [5.41, 5.74) is 3.02. The van der Waals surface area contributed by atoms with Crippen LogP contribution in [0.4, 0.5) is 13.9 Å². The molecule has 3 aromatic rings. The number of carbonyl (C=O) groups excluding carboxylic acids is 1. The first-order valence-electron chi connectivity index (χ1n) is 9.43. The molecule has 31 heavy (non-hydrogen) atoms. The first kappa shape index (κ1) is 21.5. The molecule has 0 saturated carbocycles. The van der Waals surface area contributed by atoms with Gasteiger partial charge in [0.2, 0.25) is 5.91 Å². The molecule has 1 amide bonds. The van der Waals surface area contributed by atoms with Crippen LogP contribution in [0.1, 0.15) is 16.8 Å². The van der Waals surface area contributed by atoms with Gasteiger partial charge in [-0.1, -0.05) is 29.5 Å². The summed E-state index contributed by atoms with van der Waals surface area (Å²) in [5.74, 6) is -1.52. The fourth-order valence-electron chi connectivity index (χ4n) is 3.84. The molecule has 0 saturated heterocycles. The molecule has 0 bridgehead atoms. The molecule has 2 atom stereocenters. The highest BCUT2D eigenvalue weighted by Crippen LogP contribution is 2.35. The van der Waals surface area contributed by atoms with Gasteiger partial charge < -0.3 is 0 Å². The van der Waals surface area contributed by atoms with Crippen molar-refractivity contribution in [2.45, 2.75) is 24.0 Å². The average molecular weight is 463 g/mol. The number of aryl methyl sites for hydroxylation is 1. The summed E-state index contributed by atoms with van der Waals surface area (Å²) in [5, 5.41) is 5.75. The minimum Gasteiger partial charge on any atom is -0.291 e. The minimum absolute atomic E-state index is 0.151. The number of rotatable bonds is 4. The molecule has 2 unspecified atom stereocenters. The highest BCUT2D eigenvalue weighted by Gasteiger charge is 2.32. The Morgan fingerprint density at radius 3 is 2.61 bits per heavy atom. The van der Waals surface area contributed by atoms with Crippen LogP contribution >= 0.6 is 11.3 Å². The van der Waals surface area contributed by atoms with Crippen LogP contribution in [0.25, 0.3) is 11.1 Å². The Hall–Kier alpha value is -2.69. The van der Waals surface area contributed by atoms with E-state index in [1.807, 2.05) is 6.07 Å². The van der Waals surface area contributed by atoms with E-state index in [0.717, 1.165) is 40.7 Å². The van der Waals surface area contributed by atoms with E-state index in [4.69, 9.17) is 9.92 Å². The molecular weight excluding hydrogens is 442 g/mol. The third-order valence-electron chi connectivity index (χ3n) is 5.36. The largest absolute Gasteiger partial charge is 0.291 e. The molecule has 4 rings (SSSR count). The Morgan fingerprint density at radius 2 is 1.94 bits per heavy atom. The van der Waals surface area contributed by atoms with Gasteiger partial charge in [0.1, 0.15) is 25.8 Å². The lowest BCUT2D eigenvalue weighted by Crippen LogP contribution is -2.33. The minimum atomic E-state index is -3.41. The average Bonchev–Trinajstić information content (AvgIpc) is 3.31. The zero-order valence-corrected chi connectivity index (χ0v) is 18.4. The molecule has 0 fully saturated rings. The molecule has 3 N–H and O–H groups in total. The predicted molar refractivity (Wildman–Crippen MR) is 116 cm³/mol. The number of anilines is 1. The number of nitrogens with one attached hydrogen (secondary N) is 1. The van der Waals surface area contributed by atoms with Crippen molar-refractivity contribution in [3.63, 3.8) is 0 Å². The standard InChI is InChI=1S/C21H20F2N4O2S2/c1-11-20(31(24,25)29)30-21(26-11)27(2)19(28)15-7-12-3-4-13(8-14(12)9-15)17-10-16(22)5-6-18(17)23/h3-6,8,10,15H,7,9H2,1-2H3,(H3,24,25,29). The summed E-state index contributed by atoms with van der Waals surface area (Å²) in [7, 11) is -1.83. The number of nitrogens with zero attached hydrogens (tertiary/aromatic N) is 2. The smallest absolute Gasteiger partial charge is 0.232 e. The summed E-state index contributed by atoms with van der Waals surface area (Å²) in [6.45, 7) is 1.60. The number of halogens is 2. The van der Waals surface area contributed by atoms with Crippen molar-refractivity contribution in [3.05, 3.63) is 64.9 Å². The number of aromatic nitrogens is 1. The Kier molecular flexibility index (Phi) is 5.40. The number of carbonyl (C=O) groups is 1. The van der Waals surface area contributed by atoms with Crippen LogP contribution in [0.2, 0.25) is 0 Å². The van der Waals surface area contributed by atoms with Gasteiger partial charge in [-0.05, 0) is 54.7 Å². The highest BCUT2D eigenvalue weighted by atomic mass is 32.2. The summed E-state index contributed by atoms with van der Waals surface area (Å²) in [4.78, 5) is 18.7. The summed E-state index contributed by atoms with van der Waals surface area (Å²) in [6.07, 6.45) is 0.986. The van der Waals surface area contributed by atoms with Gasteiger partial charge in [0.05, 0.1) is 5.69 Å². The summed E-state index contributed by atoms with van der Waals surface area (Å²) >= 11 is 0.977. The van der Waals surface area contributed by atoms with Gasteiger partial charge in [0, 0.05) is 18.5 Å². The van der Waals surface area contributed by atoms with E-state index in [0.29, 0.717) is 29.2 Å².